The summed E-state index contributed by atoms with van der Waals surface area (Å²) in [4.78, 5) is 17.2. The number of carbonyl (C=O) groups excluding carboxylic acids is 1. The van der Waals surface area contributed by atoms with Crippen LogP contribution in [0.25, 0.3) is 0 Å². The van der Waals surface area contributed by atoms with Gasteiger partial charge in [0.15, 0.2) is 18.7 Å². The minimum atomic E-state index is -2.10. The molecule has 0 bridgehead atoms. The van der Waals surface area contributed by atoms with Gasteiger partial charge in [-0.05, 0) is 64.1 Å². The Kier molecular flexibility index (Phi) is 10.4. The number of rotatable bonds is 11. The van der Waals surface area contributed by atoms with E-state index in [2.05, 4.69) is 62.5 Å². The summed E-state index contributed by atoms with van der Waals surface area (Å²) in [6.45, 7) is 17.9. The zero-order valence-electron chi connectivity index (χ0n) is 21.4. The average Bonchev–Trinajstić information content (AvgIpc) is 3.10. The third-order valence-electron chi connectivity index (χ3n) is 6.54. The number of carbonyl (C=O) groups is 1. The first-order chi connectivity index (χ1) is 15.9. The molecule has 1 heterocycles. The number of aliphatic hydroxyl groups is 1. The highest BCUT2D eigenvalue weighted by Crippen LogP contribution is 2.43. The molecular formula is C25H38BrClN2O4Si. The topological polar surface area (TPSA) is 73.6 Å². The van der Waals surface area contributed by atoms with Gasteiger partial charge in [-0.2, -0.15) is 0 Å². The van der Waals surface area contributed by atoms with Gasteiger partial charge in [-0.1, -0.05) is 65.3 Å². The van der Waals surface area contributed by atoms with Gasteiger partial charge in [-0.25, -0.2) is 9.78 Å². The van der Waals surface area contributed by atoms with Crippen LogP contribution >= 0.6 is 27.5 Å². The van der Waals surface area contributed by atoms with E-state index < -0.39 is 20.4 Å². The van der Waals surface area contributed by atoms with E-state index in [0.717, 1.165) is 0 Å². The molecule has 2 atom stereocenters. The lowest BCUT2D eigenvalue weighted by Crippen LogP contribution is -2.48. The molecule has 0 spiro atoms. The monoisotopic (exact) mass is 572 g/mol. The number of esters is 1. The summed E-state index contributed by atoms with van der Waals surface area (Å²) in [5, 5.41) is 11.9. The lowest BCUT2D eigenvalue weighted by molar-refractivity contribution is 0.0513. The van der Waals surface area contributed by atoms with Gasteiger partial charge >= 0.3 is 5.97 Å². The summed E-state index contributed by atoms with van der Waals surface area (Å²) < 4.78 is 14.3. The standard InChI is InChI=1S/C25H38BrClN2O4Si/c1-9-32-24(31)21-22(23(30)19-10-12-20(27)13-11-19)29(25(26)28-21)18(8)14-33-34(15(2)3,16(4)5)17(6)7/h10-13,15-18,23,30H,9,14H2,1-8H3. The van der Waals surface area contributed by atoms with E-state index >= 15 is 0 Å². The van der Waals surface area contributed by atoms with Crippen molar-refractivity contribution in [2.75, 3.05) is 13.2 Å². The van der Waals surface area contributed by atoms with Crippen molar-refractivity contribution in [2.24, 2.45) is 0 Å². The number of hydrogen-bond donors (Lipinski definition) is 1. The maximum Gasteiger partial charge on any atom is 0.358 e. The number of aliphatic hydroxyl groups excluding tert-OH is 1. The summed E-state index contributed by atoms with van der Waals surface area (Å²) in [6, 6.07) is 6.70. The number of benzene rings is 1. The number of aromatic nitrogens is 2. The Hall–Kier alpha value is -1.19. The zero-order valence-corrected chi connectivity index (χ0v) is 24.8. The van der Waals surface area contributed by atoms with Crippen LogP contribution in [0.4, 0.5) is 0 Å². The molecule has 0 radical (unpaired) electrons. The molecule has 9 heteroatoms. The van der Waals surface area contributed by atoms with Gasteiger partial charge in [-0.3, -0.25) is 0 Å². The van der Waals surface area contributed by atoms with E-state index in [1.54, 1.807) is 31.2 Å². The Labute approximate surface area is 218 Å². The molecule has 0 amide bonds. The first kappa shape index (κ1) is 29.0. The van der Waals surface area contributed by atoms with Crippen LogP contribution in [-0.2, 0) is 9.16 Å². The predicted octanol–water partition coefficient (Wildman–Crippen LogP) is 7.31. The van der Waals surface area contributed by atoms with Crippen LogP contribution in [0.15, 0.2) is 29.0 Å². The van der Waals surface area contributed by atoms with Gasteiger partial charge in [0.1, 0.15) is 6.10 Å². The van der Waals surface area contributed by atoms with Crippen molar-refractivity contribution in [3.05, 3.63) is 51.0 Å². The molecule has 34 heavy (non-hydrogen) atoms. The molecular weight excluding hydrogens is 536 g/mol. The van der Waals surface area contributed by atoms with E-state index in [1.807, 2.05) is 11.5 Å². The molecule has 0 saturated heterocycles. The second-order valence-electron chi connectivity index (χ2n) is 9.64. The van der Waals surface area contributed by atoms with Crippen LogP contribution in [0.3, 0.4) is 0 Å². The van der Waals surface area contributed by atoms with Crippen molar-refractivity contribution in [2.45, 2.75) is 84.2 Å². The third kappa shape index (κ3) is 5.95. The molecule has 6 nitrogen and oxygen atoms in total. The third-order valence-corrected chi connectivity index (χ3v) is 13.4. The number of imidazole rings is 1. The van der Waals surface area contributed by atoms with Gasteiger partial charge < -0.3 is 18.8 Å². The van der Waals surface area contributed by atoms with Crippen LogP contribution in [0.5, 0.6) is 0 Å². The fourth-order valence-electron chi connectivity index (χ4n) is 5.09. The van der Waals surface area contributed by atoms with Crippen molar-refractivity contribution in [3.8, 4) is 0 Å². The number of ether oxygens (including phenoxy) is 1. The maximum atomic E-state index is 12.8. The molecule has 2 unspecified atom stereocenters. The Bertz CT molecular complexity index is 941. The summed E-state index contributed by atoms with van der Waals surface area (Å²) in [5.41, 5.74) is 2.39. The molecule has 1 N–H and O–H groups in total. The van der Waals surface area contributed by atoms with E-state index in [4.69, 9.17) is 20.8 Å². The second kappa shape index (κ2) is 12.2. The van der Waals surface area contributed by atoms with E-state index in [9.17, 15) is 9.90 Å². The normalized spacial score (nSPS) is 14.2. The van der Waals surface area contributed by atoms with Crippen molar-refractivity contribution < 1.29 is 19.1 Å². The van der Waals surface area contributed by atoms with Gasteiger partial charge in [0.25, 0.3) is 0 Å². The summed E-state index contributed by atoms with van der Waals surface area (Å²) in [7, 11) is -2.10. The largest absolute Gasteiger partial charge is 0.461 e. The van der Waals surface area contributed by atoms with Gasteiger partial charge in [-0.15, -0.1) is 0 Å². The molecule has 0 saturated carbocycles. The van der Waals surface area contributed by atoms with E-state index in [0.29, 0.717) is 44.2 Å². The quantitative estimate of drug-likeness (QED) is 0.225. The molecule has 0 aliphatic carbocycles. The van der Waals surface area contributed by atoms with Crippen molar-refractivity contribution >= 4 is 41.8 Å². The number of hydrogen-bond acceptors (Lipinski definition) is 5. The Morgan fingerprint density at radius 2 is 1.62 bits per heavy atom. The van der Waals surface area contributed by atoms with Gasteiger partial charge in [0, 0.05) is 5.02 Å². The highest BCUT2D eigenvalue weighted by atomic mass is 79.9. The Balaban J connectivity index is 2.53. The predicted molar refractivity (Wildman–Crippen MR) is 143 cm³/mol. The maximum absolute atomic E-state index is 12.8. The first-order valence-corrected chi connectivity index (χ1v) is 15.2. The molecule has 1 aromatic carbocycles. The lowest BCUT2D eigenvalue weighted by Gasteiger charge is -2.43. The molecule has 1 aromatic heterocycles. The second-order valence-corrected chi connectivity index (χ2v) is 16.2. The van der Waals surface area contributed by atoms with Crippen molar-refractivity contribution in [1.29, 1.82) is 0 Å². The fraction of sp³-hybridized carbons (Fsp3) is 0.600. The summed E-state index contributed by atoms with van der Waals surface area (Å²) >= 11 is 9.55. The molecule has 0 aliphatic heterocycles. The molecule has 190 valence electrons. The minimum absolute atomic E-state index is 0.0862. The first-order valence-electron chi connectivity index (χ1n) is 11.9. The van der Waals surface area contributed by atoms with Crippen LogP contribution in [0.2, 0.25) is 21.6 Å². The Morgan fingerprint density at radius 3 is 2.09 bits per heavy atom. The fourth-order valence-corrected chi connectivity index (χ4v) is 11.5. The SMILES string of the molecule is CCOC(=O)c1nc(Br)n(C(C)CO[Si](C(C)C)(C(C)C)C(C)C)c1C(O)c1ccc(Cl)cc1. The summed E-state index contributed by atoms with van der Waals surface area (Å²) in [6.07, 6.45) is -1.10. The van der Waals surface area contributed by atoms with Crippen LogP contribution in [-0.4, -0.2) is 42.2 Å². The number of halogens is 2. The van der Waals surface area contributed by atoms with Crippen LogP contribution in [0, 0.1) is 0 Å². The molecule has 2 rings (SSSR count). The Morgan fingerprint density at radius 1 is 1.09 bits per heavy atom. The zero-order chi connectivity index (χ0) is 25.8. The van der Waals surface area contributed by atoms with E-state index in [-0.39, 0.29) is 18.3 Å². The smallest absolute Gasteiger partial charge is 0.358 e. The molecule has 0 fully saturated rings. The van der Waals surface area contributed by atoms with Crippen molar-refractivity contribution in [1.82, 2.24) is 9.55 Å². The lowest BCUT2D eigenvalue weighted by atomic mass is 10.0. The molecule has 0 aliphatic rings. The summed E-state index contributed by atoms with van der Waals surface area (Å²) in [5.74, 6) is -0.576. The van der Waals surface area contributed by atoms with Gasteiger partial charge in [0.2, 0.25) is 0 Å². The van der Waals surface area contributed by atoms with Gasteiger partial charge in [0.05, 0.1) is 24.9 Å². The van der Waals surface area contributed by atoms with Crippen LogP contribution in [0.1, 0.15) is 89.3 Å². The minimum Gasteiger partial charge on any atom is -0.461 e. The van der Waals surface area contributed by atoms with Crippen molar-refractivity contribution in [3.63, 3.8) is 0 Å². The average molecular weight is 574 g/mol. The van der Waals surface area contributed by atoms with E-state index in [1.165, 1.54) is 0 Å². The highest BCUT2D eigenvalue weighted by molar-refractivity contribution is 9.10. The van der Waals surface area contributed by atoms with Crippen LogP contribution < -0.4 is 0 Å². The highest BCUT2D eigenvalue weighted by Gasteiger charge is 2.45. The molecule has 2 aromatic rings. The number of nitrogens with zero attached hydrogens (tertiary/aromatic N) is 2.